The Kier molecular flexibility index (Phi) is 4.84. The van der Waals surface area contributed by atoms with Gasteiger partial charge in [-0.1, -0.05) is 21.1 Å². The molecule has 0 aliphatic heterocycles. The number of hydrogen-bond acceptors (Lipinski definition) is 5. The van der Waals surface area contributed by atoms with Crippen LogP contribution in [0.2, 0.25) is 0 Å². The van der Waals surface area contributed by atoms with E-state index < -0.39 is 11.7 Å². The second kappa shape index (κ2) is 6.44. The lowest BCUT2D eigenvalue weighted by molar-refractivity contribution is -0.137. The normalized spacial score (nSPS) is 11.7. The Labute approximate surface area is 126 Å². The first kappa shape index (κ1) is 15.8. The van der Waals surface area contributed by atoms with Crippen molar-refractivity contribution in [3.05, 3.63) is 28.2 Å². The Morgan fingerprint density at radius 2 is 2.14 bits per heavy atom. The van der Waals surface area contributed by atoms with Crippen LogP contribution >= 0.6 is 15.9 Å². The summed E-state index contributed by atoms with van der Waals surface area (Å²) in [6, 6.07) is 3.79. The van der Waals surface area contributed by atoms with Crippen LogP contribution in [0.4, 0.5) is 19.2 Å². The molecule has 0 fully saturated rings. The molecule has 0 amide bonds. The summed E-state index contributed by atoms with van der Waals surface area (Å²) in [7, 11) is 1.53. The average molecular weight is 366 g/mol. The minimum absolute atomic E-state index is 0.0399. The molecule has 114 valence electrons. The van der Waals surface area contributed by atoms with E-state index in [9.17, 15) is 13.2 Å². The van der Waals surface area contributed by atoms with Crippen LogP contribution in [0.25, 0.3) is 11.4 Å². The predicted molar refractivity (Wildman–Crippen MR) is 72.8 cm³/mol. The van der Waals surface area contributed by atoms with E-state index in [4.69, 9.17) is 9.26 Å². The number of nitrogens with one attached hydrogen (secondary N) is 1. The van der Waals surface area contributed by atoms with Crippen LogP contribution in [0.5, 0.6) is 0 Å². The average Bonchev–Trinajstić information content (AvgIpc) is 2.87. The Bertz CT molecular complexity index is 616. The molecule has 1 aromatic heterocycles. The summed E-state index contributed by atoms with van der Waals surface area (Å²) in [6.45, 7) is 0.814. The summed E-state index contributed by atoms with van der Waals surface area (Å²) in [5.74, 6) is -0.130. The van der Waals surface area contributed by atoms with Gasteiger partial charge in [-0.3, -0.25) is 0 Å². The zero-order valence-corrected chi connectivity index (χ0v) is 12.5. The molecular weight excluding hydrogens is 355 g/mol. The maximum absolute atomic E-state index is 13.0. The molecule has 0 saturated heterocycles. The van der Waals surface area contributed by atoms with Crippen LogP contribution in [-0.2, 0) is 10.9 Å². The molecule has 0 bridgehead atoms. The monoisotopic (exact) mass is 365 g/mol. The number of ether oxygens (including phenoxy) is 1. The van der Waals surface area contributed by atoms with Gasteiger partial charge >= 0.3 is 12.2 Å². The largest absolute Gasteiger partial charge is 0.417 e. The quantitative estimate of drug-likeness (QED) is 0.820. The van der Waals surface area contributed by atoms with E-state index >= 15 is 0 Å². The van der Waals surface area contributed by atoms with Gasteiger partial charge in [-0.15, -0.1) is 0 Å². The zero-order valence-electron chi connectivity index (χ0n) is 10.9. The highest BCUT2D eigenvalue weighted by atomic mass is 79.9. The number of hydrogen-bond donors (Lipinski definition) is 1. The molecule has 0 aliphatic carbocycles. The lowest BCUT2D eigenvalue weighted by Crippen LogP contribution is -2.08. The fourth-order valence-electron chi connectivity index (χ4n) is 1.61. The predicted octanol–water partition coefficient (Wildman–Crippen LogP) is 3.58. The highest BCUT2D eigenvalue weighted by Crippen LogP contribution is 2.37. The number of anilines is 1. The molecule has 0 radical (unpaired) electrons. The summed E-state index contributed by atoms with van der Waals surface area (Å²) in [5, 5.41) is 6.31. The van der Waals surface area contributed by atoms with Gasteiger partial charge < -0.3 is 14.6 Å². The smallest absolute Gasteiger partial charge is 0.383 e. The van der Waals surface area contributed by atoms with Gasteiger partial charge in [-0.2, -0.15) is 18.2 Å². The molecule has 0 aliphatic rings. The third-order valence-corrected chi connectivity index (χ3v) is 3.03. The summed E-state index contributed by atoms with van der Waals surface area (Å²) in [6.07, 6.45) is -4.51. The van der Waals surface area contributed by atoms with Crippen molar-refractivity contribution < 1.29 is 22.4 Å². The van der Waals surface area contributed by atoms with Gasteiger partial charge in [0.25, 0.3) is 0 Å². The molecule has 1 aromatic carbocycles. The SMILES string of the molecule is COCCNc1nc(-c2ccc(Br)cc2C(F)(F)F)no1. The Balaban J connectivity index is 2.30. The molecule has 0 unspecified atom stereocenters. The molecular formula is C12H11BrF3N3O2. The molecule has 0 saturated carbocycles. The van der Waals surface area contributed by atoms with E-state index in [1.165, 1.54) is 19.2 Å². The maximum Gasteiger partial charge on any atom is 0.417 e. The molecule has 5 nitrogen and oxygen atoms in total. The molecule has 2 rings (SSSR count). The third-order valence-electron chi connectivity index (χ3n) is 2.54. The molecule has 1 heterocycles. The van der Waals surface area contributed by atoms with Crippen molar-refractivity contribution in [2.75, 3.05) is 25.6 Å². The van der Waals surface area contributed by atoms with E-state index in [-0.39, 0.29) is 17.4 Å². The van der Waals surface area contributed by atoms with E-state index in [1.807, 2.05) is 0 Å². The van der Waals surface area contributed by atoms with E-state index in [0.29, 0.717) is 17.6 Å². The fourth-order valence-corrected chi connectivity index (χ4v) is 1.97. The number of methoxy groups -OCH3 is 1. The van der Waals surface area contributed by atoms with Gasteiger partial charge in [-0.05, 0) is 18.2 Å². The number of halogens is 4. The topological polar surface area (TPSA) is 60.2 Å². The number of benzene rings is 1. The molecule has 0 atom stereocenters. The van der Waals surface area contributed by atoms with E-state index in [1.54, 1.807) is 0 Å². The van der Waals surface area contributed by atoms with Crippen LogP contribution in [-0.4, -0.2) is 30.4 Å². The van der Waals surface area contributed by atoms with Gasteiger partial charge in [-0.25, -0.2) is 0 Å². The second-order valence-electron chi connectivity index (χ2n) is 4.03. The maximum atomic E-state index is 13.0. The number of alkyl halides is 3. The van der Waals surface area contributed by atoms with Crippen LogP contribution in [0.15, 0.2) is 27.2 Å². The first-order valence-corrected chi connectivity index (χ1v) is 6.64. The molecule has 9 heteroatoms. The van der Waals surface area contributed by atoms with Crippen molar-refractivity contribution in [2.45, 2.75) is 6.18 Å². The zero-order chi connectivity index (χ0) is 15.5. The van der Waals surface area contributed by atoms with Crippen molar-refractivity contribution in [1.82, 2.24) is 10.1 Å². The first-order valence-electron chi connectivity index (χ1n) is 5.85. The van der Waals surface area contributed by atoms with Crippen molar-refractivity contribution in [1.29, 1.82) is 0 Å². The minimum atomic E-state index is -4.51. The summed E-state index contributed by atoms with van der Waals surface area (Å²) in [4.78, 5) is 3.90. The van der Waals surface area contributed by atoms with Gasteiger partial charge in [0.15, 0.2) is 0 Å². The summed E-state index contributed by atoms with van der Waals surface area (Å²) < 4.78 is 49.1. The van der Waals surface area contributed by atoms with E-state index in [0.717, 1.165) is 6.07 Å². The van der Waals surface area contributed by atoms with Crippen LogP contribution < -0.4 is 5.32 Å². The molecule has 0 spiro atoms. The van der Waals surface area contributed by atoms with Crippen molar-refractivity contribution in [2.24, 2.45) is 0 Å². The molecule has 21 heavy (non-hydrogen) atoms. The van der Waals surface area contributed by atoms with Crippen molar-refractivity contribution >= 4 is 21.9 Å². The van der Waals surface area contributed by atoms with E-state index in [2.05, 4.69) is 31.4 Å². The van der Waals surface area contributed by atoms with Crippen LogP contribution in [0.1, 0.15) is 5.56 Å². The highest BCUT2D eigenvalue weighted by molar-refractivity contribution is 9.10. The van der Waals surface area contributed by atoms with Crippen molar-refractivity contribution in [3.63, 3.8) is 0 Å². The minimum Gasteiger partial charge on any atom is -0.383 e. The standard InChI is InChI=1S/C12H11BrF3N3O2/c1-20-5-4-17-11-18-10(19-21-11)8-3-2-7(13)6-9(8)12(14,15)16/h2-3,6H,4-5H2,1H3,(H,17,18,19). The summed E-state index contributed by atoms with van der Waals surface area (Å²) in [5.41, 5.74) is -0.977. The highest BCUT2D eigenvalue weighted by Gasteiger charge is 2.35. The Morgan fingerprint density at radius 3 is 2.81 bits per heavy atom. The number of rotatable bonds is 5. The lowest BCUT2D eigenvalue weighted by atomic mass is 10.1. The Hall–Kier alpha value is -1.61. The van der Waals surface area contributed by atoms with Gasteiger partial charge in [0.05, 0.1) is 12.2 Å². The summed E-state index contributed by atoms with van der Waals surface area (Å²) >= 11 is 3.02. The second-order valence-corrected chi connectivity index (χ2v) is 4.95. The van der Waals surface area contributed by atoms with Gasteiger partial charge in [0, 0.05) is 23.7 Å². The Morgan fingerprint density at radius 1 is 1.38 bits per heavy atom. The third kappa shape index (κ3) is 3.94. The lowest BCUT2D eigenvalue weighted by Gasteiger charge is -2.10. The van der Waals surface area contributed by atoms with Crippen LogP contribution in [0.3, 0.4) is 0 Å². The number of nitrogens with zero attached hydrogens (tertiary/aromatic N) is 2. The number of aromatic nitrogens is 2. The fraction of sp³-hybridized carbons (Fsp3) is 0.333. The molecule has 2 aromatic rings. The van der Waals surface area contributed by atoms with Crippen molar-refractivity contribution in [3.8, 4) is 11.4 Å². The van der Waals surface area contributed by atoms with Gasteiger partial charge in [0.1, 0.15) is 0 Å². The molecule has 1 N–H and O–H groups in total. The first-order chi connectivity index (χ1) is 9.91. The van der Waals surface area contributed by atoms with Gasteiger partial charge in [0.2, 0.25) is 5.82 Å². The van der Waals surface area contributed by atoms with Crippen LogP contribution in [0, 0.1) is 0 Å².